The van der Waals surface area contributed by atoms with Gasteiger partial charge in [-0.2, -0.15) is 5.26 Å². The number of rotatable bonds is 6. The minimum absolute atomic E-state index is 0.176. The van der Waals surface area contributed by atoms with Crippen molar-refractivity contribution >= 4 is 5.97 Å². The third-order valence-corrected chi connectivity index (χ3v) is 2.37. The molecule has 1 aromatic carbocycles. The van der Waals surface area contributed by atoms with Crippen LogP contribution in [-0.4, -0.2) is 19.6 Å². The number of nitrogens with one attached hydrogen (secondary N) is 1. The van der Waals surface area contributed by atoms with Gasteiger partial charge in [0.25, 0.3) is 0 Å². The van der Waals surface area contributed by atoms with Crippen molar-refractivity contribution in [3.8, 4) is 6.07 Å². The summed E-state index contributed by atoms with van der Waals surface area (Å²) in [6, 6.07) is 9.52. The maximum atomic E-state index is 10.8. The average Bonchev–Trinajstić information content (AvgIpc) is 2.38. The minimum atomic E-state index is -0.176. The van der Waals surface area contributed by atoms with Crippen LogP contribution in [0.1, 0.15) is 24.0 Å². The summed E-state index contributed by atoms with van der Waals surface area (Å²) in [5, 5.41) is 11.9. The van der Waals surface area contributed by atoms with Crippen LogP contribution in [0.2, 0.25) is 0 Å². The first-order valence-corrected chi connectivity index (χ1v) is 5.53. The van der Waals surface area contributed by atoms with Gasteiger partial charge in [0.1, 0.15) is 0 Å². The largest absolute Gasteiger partial charge is 0.469 e. The van der Waals surface area contributed by atoms with Gasteiger partial charge >= 0.3 is 5.97 Å². The highest BCUT2D eigenvalue weighted by atomic mass is 16.5. The first-order chi connectivity index (χ1) is 8.26. The van der Waals surface area contributed by atoms with Gasteiger partial charge in [-0.25, -0.2) is 0 Å². The third kappa shape index (κ3) is 5.14. The maximum absolute atomic E-state index is 10.8. The zero-order chi connectivity index (χ0) is 12.5. The van der Waals surface area contributed by atoms with Crippen LogP contribution in [0.15, 0.2) is 24.3 Å². The lowest BCUT2D eigenvalue weighted by Crippen LogP contribution is -2.16. The molecule has 1 N–H and O–H groups in total. The van der Waals surface area contributed by atoms with Crippen molar-refractivity contribution in [2.24, 2.45) is 0 Å². The molecule has 0 bridgehead atoms. The summed E-state index contributed by atoms with van der Waals surface area (Å²) >= 11 is 0. The Labute approximate surface area is 101 Å². The first-order valence-electron chi connectivity index (χ1n) is 5.53. The monoisotopic (exact) mass is 232 g/mol. The number of hydrogen-bond donors (Lipinski definition) is 1. The highest BCUT2D eigenvalue weighted by Gasteiger charge is 1.99. The number of nitrogens with zero attached hydrogens (tertiary/aromatic N) is 1. The smallest absolute Gasteiger partial charge is 0.305 e. The average molecular weight is 232 g/mol. The van der Waals surface area contributed by atoms with Crippen LogP contribution >= 0.6 is 0 Å². The molecule has 4 nitrogen and oxygen atoms in total. The minimum Gasteiger partial charge on any atom is -0.469 e. The molecule has 1 rings (SSSR count). The van der Waals surface area contributed by atoms with Crippen molar-refractivity contribution < 1.29 is 9.53 Å². The zero-order valence-electron chi connectivity index (χ0n) is 9.90. The molecule has 0 atom stereocenters. The van der Waals surface area contributed by atoms with Crippen LogP contribution in [-0.2, 0) is 16.1 Å². The molecular weight excluding hydrogens is 216 g/mol. The topological polar surface area (TPSA) is 62.1 Å². The van der Waals surface area contributed by atoms with Gasteiger partial charge in [-0.05, 0) is 30.7 Å². The van der Waals surface area contributed by atoms with Gasteiger partial charge in [-0.1, -0.05) is 12.1 Å². The predicted octanol–water partition coefficient (Wildman–Crippen LogP) is 1.60. The van der Waals surface area contributed by atoms with E-state index >= 15 is 0 Å². The maximum Gasteiger partial charge on any atom is 0.305 e. The molecule has 1 aromatic rings. The Kier molecular flexibility index (Phi) is 5.76. The Morgan fingerprint density at radius 1 is 1.41 bits per heavy atom. The van der Waals surface area contributed by atoms with Crippen molar-refractivity contribution in [3.63, 3.8) is 0 Å². The number of benzene rings is 1. The van der Waals surface area contributed by atoms with Crippen LogP contribution < -0.4 is 5.32 Å². The quantitative estimate of drug-likeness (QED) is 0.597. The number of hydrogen-bond acceptors (Lipinski definition) is 4. The molecule has 0 aromatic heterocycles. The molecular formula is C13H16N2O2. The van der Waals surface area contributed by atoms with E-state index in [4.69, 9.17) is 5.26 Å². The van der Waals surface area contributed by atoms with E-state index in [0.29, 0.717) is 12.0 Å². The van der Waals surface area contributed by atoms with Gasteiger partial charge in [0, 0.05) is 13.0 Å². The van der Waals surface area contributed by atoms with Crippen molar-refractivity contribution in [1.29, 1.82) is 5.26 Å². The number of nitriles is 1. The first kappa shape index (κ1) is 13.2. The van der Waals surface area contributed by atoms with E-state index in [2.05, 4.69) is 16.1 Å². The van der Waals surface area contributed by atoms with E-state index in [1.807, 2.05) is 12.1 Å². The van der Waals surface area contributed by atoms with Crippen molar-refractivity contribution in [2.75, 3.05) is 13.7 Å². The summed E-state index contributed by atoms with van der Waals surface area (Å²) in [5.41, 5.74) is 1.79. The normalized spacial score (nSPS) is 9.65. The second kappa shape index (κ2) is 7.42. The summed E-state index contributed by atoms with van der Waals surface area (Å²) in [7, 11) is 1.40. The van der Waals surface area contributed by atoms with Crippen LogP contribution in [0.4, 0.5) is 0 Å². The SMILES string of the molecule is COC(=O)CCCNCc1ccc(C#N)cc1. The number of ether oxygens (including phenoxy) is 1. The highest BCUT2D eigenvalue weighted by molar-refractivity contribution is 5.69. The van der Waals surface area contributed by atoms with Crippen molar-refractivity contribution in [2.45, 2.75) is 19.4 Å². The van der Waals surface area contributed by atoms with Crippen molar-refractivity contribution in [1.82, 2.24) is 5.32 Å². The van der Waals surface area contributed by atoms with E-state index in [1.54, 1.807) is 12.1 Å². The number of methoxy groups -OCH3 is 1. The Balaban J connectivity index is 2.18. The number of carbonyl (C=O) groups is 1. The standard InChI is InChI=1S/C13H16N2O2/c1-17-13(16)3-2-8-15-10-12-6-4-11(9-14)5-7-12/h4-7,15H,2-3,8,10H2,1H3. The Bertz CT molecular complexity index is 393. The van der Waals surface area contributed by atoms with Gasteiger partial charge in [0.05, 0.1) is 18.7 Å². The fourth-order valence-electron chi connectivity index (χ4n) is 1.39. The molecule has 4 heteroatoms. The van der Waals surface area contributed by atoms with Crippen LogP contribution in [0.3, 0.4) is 0 Å². The Morgan fingerprint density at radius 2 is 2.12 bits per heavy atom. The molecule has 17 heavy (non-hydrogen) atoms. The molecule has 90 valence electrons. The molecule has 0 radical (unpaired) electrons. The van der Waals surface area contributed by atoms with Crippen molar-refractivity contribution in [3.05, 3.63) is 35.4 Å². The van der Waals surface area contributed by atoms with Gasteiger partial charge < -0.3 is 10.1 Å². The van der Waals surface area contributed by atoms with Gasteiger partial charge in [0.2, 0.25) is 0 Å². The fraction of sp³-hybridized carbons (Fsp3) is 0.385. The van der Waals surface area contributed by atoms with E-state index in [-0.39, 0.29) is 5.97 Å². The molecule has 0 aliphatic rings. The molecule has 0 fully saturated rings. The molecule has 0 heterocycles. The summed E-state index contributed by atoms with van der Waals surface area (Å²) in [4.78, 5) is 10.8. The number of carbonyl (C=O) groups excluding carboxylic acids is 1. The van der Waals surface area contributed by atoms with Crippen LogP contribution in [0, 0.1) is 11.3 Å². The lowest BCUT2D eigenvalue weighted by molar-refractivity contribution is -0.140. The molecule has 0 saturated carbocycles. The van der Waals surface area contributed by atoms with Crippen LogP contribution in [0.5, 0.6) is 0 Å². The zero-order valence-corrected chi connectivity index (χ0v) is 9.90. The van der Waals surface area contributed by atoms with Gasteiger partial charge in [-0.3, -0.25) is 4.79 Å². The Morgan fingerprint density at radius 3 is 2.71 bits per heavy atom. The predicted molar refractivity (Wildman–Crippen MR) is 64.1 cm³/mol. The molecule has 0 aliphatic heterocycles. The second-order valence-corrected chi connectivity index (χ2v) is 3.67. The summed E-state index contributed by atoms with van der Waals surface area (Å²) in [6.45, 7) is 1.52. The molecule has 0 aliphatic carbocycles. The molecule has 0 unspecified atom stereocenters. The second-order valence-electron chi connectivity index (χ2n) is 3.67. The van der Waals surface area contributed by atoms with E-state index in [0.717, 1.165) is 25.1 Å². The lowest BCUT2D eigenvalue weighted by atomic mass is 10.1. The van der Waals surface area contributed by atoms with E-state index in [9.17, 15) is 4.79 Å². The van der Waals surface area contributed by atoms with E-state index < -0.39 is 0 Å². The van der Waals surface area contributed by atoms with E-state index in [1.165, 1.54) is 7.11 Å². The number of esters is 1. The molecule has 0 amide bonds. The highest BCUT2D eigenvalue weighted by Crippen LogP contribution is 2.02. The molecule has 0 saturated heterocycles. The summed E-state index contributed by atoms with van der Waals surface area (Å²) in [6.07, 6.45) is 1.21. The van der Waals surface area contributed by atoms with Crippen LogP contribution in [0.25, 0.3) is 0 Å². The summed E-state index contributed by atoms with van der Waals surface area (Å²) in [5.74, 6) is -0.176. The van der Waals surface area contributed by atoms with Gasteiger partial charge in [-0.15, -0.1) is 0 Å². The van der Waals surface area contributed by atoms with Gasteiger partial charge in [0.15, 0.2) is 0 Å². The third-order valence-electron chi connectivity index (χ3n) is 2.37. The lowest BCUT2D eigenvalue weighted by Gasteiger charge is -2.04. The molecule has 0 spiro atoms. The Hall–Kier alpha value is -1.86. The fourth-order valence-corrected chi connectivity index (χ4v) is 1.39. The summed E-state index contributed by atoms with van der Waals surface area (Å²) < 4.78 is 4.54.